The standard InChI is InChI=1S/C14H13NO5/c16-8-10-2-1-3-12(6-10)20-14-5-4-11(9-17)7-13(14)15(18)19/h1-7,16-17H,8-9H2. The van der Waals surface area contributed by atoms with Gasteiger partial charge in [0.25, 0.3) is 0 Å². The molecule has 0 amide bonds. The SMILES string of the molecule is O=[N+]([O-])c1cc(CO)ccc1Oc1cccc(CO)c1. The molecule has 0 aliphatic heterocycles. The minimum Gasteiger partial charge on any atom is -0.450 e. The predicted molar refractivity (Wildman–Crippen MR) is 71.5 cm³/mol. The first kappa shape index (κ1) is 14.0. The fraction of sp³-hybridized carbons (Fsp3) is 0.143. The number of benzene rings is 2. The van der Waals surface area contributed by atoms with Gasteiger partial charge in [0, 0.05) is 6.07 Å². The van der Waals surface area contributed by atoms with Crippen molar-refractivity contribution in [2.45, 2.75) is 13.2 Å². The summed E-state index contributed by atoms with van der Waals surface area (Å²) in [6.45, 7) is -0.413. The quantitative estimate of drug-likeness (QED) is 0.645. The summed E-state index contributed by atoms with van der Waals surface area (Å²) in [6.07, 6.45) is 0. The topological polar surface area (TPSA) is 92.8 Å². The molecular weight excluding hydrogens is 262 g/mol. The average Bonchev–Trinajstić information content (AvgIpc) is 2.47. The minimum atomic E-state index is -0.565. The molecule has 6 heteroatoms. The van der Waals surface area contributed by atoms with Gasteiger partial charge in [0.2, 0.25) is 5.75 Å². The molecule has 0 unspecified atom stereocenters. The van der Waals surface area contributed by atoms with Crippen molar-refractivity contribution >= 4 is 5.69 Å². The van der Waals surface area contributed by atoms with Crippen LogP contribution in [0, 0.1) is 10.1 Å². The maximum absolute atomic E-state index is 11.0. The number of hydrogen-bond donors (Lipinski definition) is 2. The lowest BCUT2D eigenvalue weighted by Gasteiger charge is -2.08. The van der Waals surface area contributed by atoms with Crippen LogP contribution in [0.15, 0.2) is 42.5 Å². The normalized spacial score (nSPS) is 10.3. The molecule has 0 spiro atoms. The molecule has 2 N–H and O–H groups in total. The molecule has 2 aromatic carbocycles. The third kappa shape index (κ3) is 3.11. The van der Waals surface area contributed by atoms with E-state index in [-0.39, 0.29) is 24.7 Å². The summed E-state index contributed by atoms with van der Waals surface area (Å²) in [4.78, 5) is 10.4. The van der Waals surface area contributed by atoms with Crippen molar-refractivity contribution in [1.82, 2.24) is 0 Å². The van der Waals surface area contributed by atoms with Gasteiger partial charge in [0.1, 0.15) is 5.75 Å². The molecule has 0 heterocycles. The van der Waals surface area contributed by atoms with Crippen molar-refractivity contribution in [3.8, 4) is 11.5 Å². The Bertz CT molecular complexity index is 627. The maximum Gasteiger partial charge on any atom is 0.311 e. The molecule has 20 heavy (non-hydrogen) atoms. The van der Waals surface area contributed by atoms with E-state index in [9.17, 15) is 10.1 Å². The van der Waals surface area contributed by atoms with Crippen LogP contribution in [0.1, 0.15) is 11.1 Å². The second-order valence-electron chi connectivity index (χ2n) is 4.12. The maximum atomic E-state index is 11.0. The molecule has 0 aliphatic carbocycles. The molecule has 0 radical (unpaired) electrons. The largest absolute Gasteiger partial charge is 0.450 e. The van der Waals surface area contributed by atoms with Crippen LogP contribution in [-0.2, 0) is 13.2 Å². The third-order valence-corrected chi connectivity index (χ3v) is 2.71. The highest BCUT2D eigenvalue weighted by Gasteiger charge is 2.16. The number of hydrogen-bond acceptors (Lipinski definition) is 5. The number of aliphatic hydroxyl groups is 2. The minimum absolute atomic E-state index is 0.0855. The Kier molecular flexibility index (Phi) is 4.29. The van der Waals surface area contributed by atoms with Crippen molar-refractivity contribution in [3.05, 3.63) is 63.7 Å². The Morgan fingerprint density at radius 1 is 1.05 bits per heavy atom. The van der Waals surface area contributed by atoms with Crippen LogP contribution >= 0.6 is 0 Å². The summed E-state index contributed by atoms with van der Waals surface area (Å²) in [5.41, 5.74) is 0.872. The molecule has 0 atom stereocenters. The van der Waals surface area contributed by atoms with E-state index in [4.69, 9.17) is 14.9 Å². The summed E-state index contributed by atoms with van der Waals surface area (Å²) < 4.78 is 5.48. The van der Waals surface area contributed by atoms with Crippen LogP contribution < -0.4 is 4.74 Å². The van der Waals surface area contributed by atoms with Crippen LogP contribution in [0.5, 0.6) is 11.5 Å². The third-order valence-electron chi connectivity index (χ3n) is 2.71. The van der Waals surface area contributed by atoms with E-state index in [1.165, 1.54) is 12.1 Å². The predicted octanol–water partition coefficient (Wildman–Crippen LogP) is 2.37. The molecule has 0 saturated heterocycles. The van der Waals surface area contributed by atoms with E-state index in [0.717, 1.165) is 0 Å². The van der Waals surface area contributed by atoms with E-state index in [2.05, 4.69) is 0 Å². The molecule has 2 aromatic rings. The van der Waals surface area contributed by atoms with Gasteiger partial charge in [0.05, 0.1) is 18.1 Å². The summed E-state index contributed by atoms with van der Waals surface area (Å²) >= 11 is 0. The molecule has 0 fully saturated rings. The van der Waals surface area contributed by atoms with Crippen LogP contribution in [0.2, 0.25) is 0 Å². The number of ether oxygens (including phenoxy) is 1. The Morgan fingerprint density at radius 2 is 1.75 bits per heavy atom. The second kappa shape index (κ2) is 6.14. The summed E-state index contributed by atoms with van der Waals surface area (Å²) in [6, 6.07) is 10.9. The first-order valence-corrected chi connectivity index (χ1v) is 5.90. The number of nitrogens with zero attached hydrogens (tertiary/aromatic N) is 1. The van der Waals surface area contributed by atoms with Gasteiger partial charge in [-0.3, -0.25) is 10.1 Å². The van der Waals surface area contributed by atoms with Gasteiger partial charge in [0.15, 0.2) is 0 Å². The average molecular weight is 275 g/mol. The van der Waals surface area contributed by atoms with Gasteiger partial charge in [-0.2, -0.15) is 0 Å². The van der Waals surface area contributed by atoms with Crippen LogP contribution in [0.3, 0.4) is 0 Å². The summed E-state index contributed by atoms with van der Waals surface area (Å²) in [5, 5.41) is 29.1. The molecular formula is C14H13NO5. The van der Waals surface area contributed by atoms with Crippen molar-refractivity contribution < 1.29 is 19.9 Å². The molecule has 2 rings (SSSR count). The van der Waals surface area contributed by atoms with E-state index in [0.29, 0.717) is 16.9 Å². The van der Waals surface area contributed by atoms with Crippen molar-refractivity contribution in [2.75, 3.05) is 0 Å². The lowest BCUT2D eigenvalue weighted by molar-refractivity contribution is -0.385. The fourth-order valence-corrected chi connectivity index (χ4v) is 1.72. The number of nitro groups is 1. The molecule has 6 nitrogen and oxygen atoms in total. The van der Waals surface area contributed by atoms with Crippen molar-refractivity contribution in [2.24, 2.45) is 0 Å². The molecule has 104 valence electrons. The van der Waals surface area contributed by atoms with E-state index in [1.807, 2.05) is 0 Å². The number of aliphatic hydroxyl groups excluding tert-OH is 2. The first-order chi connectivity index (χ1) is 9.63. The van der Waals surface area contributed by atoms with E-state index in [1.54, 1.807) is 30.3 Å². The molecule has 0 saturated carbocycles. The lowest BCUT2D eigenvalue weighted by Crippen LogP contribution is -1.96. The van der Waals surface area contributed by atoms with Crippen molar-refractivity contribution in [1.29, 1.82) is 0 Å². The van der Waals surface area contributed by atoms with Crippen LogP contribution in [-0.4, -0.2) is 15.1 Å². The van der Waals surface area contributed by atoms with Gasteiger partial charge >= 0.3 is 5.69 Å². The summed E-state index contributed by atoms with van der Waals surface area (Å²) in [5.74, 6) is 0.485. The Labute approximate surface area is 115 Å². The zero-order chi connectivity index (χ0) is 14.5. The highest BCUT2D eigenvalue weighted by atomic mass is 16.6. The van der Waals surface area contributed by atoms with E-state index < -0.39 is 4.92 Å². The second-order valence-corrected chi connectivity index (χ2v) is 4.12. The fourth-order valence-electron chi connectivity index (χ4n) is 1.72. The number of rotatable bonds is 5. The molecule has 0 bridgehead atoms. The first-order valence-electron chi connectivity index (χ1n) is 5.90. The molecule has 0 aromatic heterocycles. The van der Waals surface area contributed by atoms with Crippen LogP contribution in [0.25, 0.3) is 0 Å². The van der Waals surface area contributed by atoms with Gasteiger partial charge in [-0.05, 0) is 29.3 Å². The highest BCUT2D eigenvalue weighted by molar-refractivity contribution is 5.50. The Balaban J connectivity index is 2.34. The zero-order valence-electron chi connectivity index (χ0n) is 10.5. The van der Waals surface area contributed by atoms with Crippen LogP contribution in [0.4, 0.5) is 5.69 Å². The van der Waals surface area contributed by atoms with Crippen molar-refractivity contribution in [3.63, 3.8) is 0 Å². The zero-order valence-corrected chi connectivity index (χ0v) is 10.5. The summed E-state index contributed by atoms with van der Waals surface area (Å²) in [7, 11) is 0. The van der Waals surface area contributed by atoms with Gasteiger partial charge in [-0.25, -0.2) is 0 Å². The lowest BCUT2D eigenvalue weighted by atomic mass is 10.2. The Morgan fingerprint density at radius 3 is 2.40 bits per heavy atom. The number of nitro benzene ring substituents is 1. The van der Waals surface area contributed by atoms with E-state index >= 15 is 0 Å². The van der Waals surface area contributed by atoms with Gasteiger partial charge in [-0.1, -0.05) is 18.2 Å². The van der Waals surface area contributed by atoms with Gasteiger partial charge in [-0.15, -0.1) is 0 Å². The highest BCUT2D eigenvalue weighted by Crippen LogP contribution is 2.32. The van der Waals surface area contributed by atoms with Gasteiger partial charge < -0.3 is 14.9 Å². The smallest absolute Gasteiger partial charge is 0.311 e. The monoisotopic (exact) mass is 275 g/mol. The molecule has 0 aliphatic rings. The Hall–Kier alpha value is -2.44.